The van der Waals surface area contributed by atoms with Crippen LogP contribution in [0.25, 0.3) is 10.9 Å². The Morgan fingerprint density at radius 2 is 1.49 bits per heavy atom. The molecule has 3 aromatic carbocycles. The van der Waals surface area contributed by atoms with Crippen LogP contribution < -0.4 is 10.1 Å². The molecule has 0 saturated heterocycles. The molecule has 4 rings (SSSR count). The SMILES string of the molecule is COc1ccc(C(CNCC(O)c2ccccc2)c2c[nH]c3ccccc23)cc1.O=C(O)C(=O)O. The second kappa shape index (κ2) is 12.4. The number of aliphatic carboxylic acids is 2. The molecule has 2 unspecified atom stereocenters. The summed E-state index contributed by atoms with van der Waals surface area (Å²) in [5, 5.41) is 30.0. The first-order valence-corrected chi connectivity index (χ1v) is 11.0. The summed E-state index contributed by atoms with van der Waals surface area (Å²) in [6.45, 7) is 1.22. The van der Waals surface area contributed by atoms with E-state index >= 15 is 0 Å². The van der Waals surface area contributed by atoms with Gasteiger partial charge in [0.1, 0.15) is 5.75 Å². The number of hydrogen-bond donors (Lipinski definition) is 5. The average Bonchev–Trinajstić information content (AvgIpc) is 3.31. The fourth-order valence-corrected chi connectivity index (χ4v) is 3.78. The molecule has 35 heavy (non-hydrogen) atoms. The fourth-order valence-electron chi connectivity index (χ4n) is 3.78. The lowest BCUT2D eigenvalue weighted by Gasteiger charge is -2.20. The zero-order valence-corrected chi connectivity index (χ0v) is 19.2. The van der Waals surface area contributed by atoms with E-state index in [1.807, 2.05) is 48.5 Å². The first kappa shape index (κ1) is 25.5. The van der Waals surface area contributed by atoms with Gasteiger partial charge in [0.25, 0.3) is 0 Å². The van der Waals surface area contributed by atoms with Gasteiger partial charge >= 0.3 is 11.9 Å². The van der Waals surface area contributed by atoms with Gasteiger partial charge in [0, 0.05) is 36.1 Å². The molecular formula is C27H28N2O6. The van der Waals surface area contributed by atoms with Crippen molar-refractivity contribution in [1.29, 1.82) is 0 Å². The van der Waals surface area contributed by atoms with E-state index in [2.05, 4.69) is 46.8 Å². The van der Waals surface area contributed by atoms with Crippen molar-refractivity contribution in [3.63, 3.8) is 0 Å². The molecule has 2 atom stereocenters. The molecule has 0 saturated carbocycles. The number of H-pyrrole nitrogens is 1. The number of benzene rings is 3. The molecule has 0 spiro atoms. The average molecular weight is 477 g/mol. The molecule has 0 fully saturated rings. The number of rotatable bonds is 8. The molecule has 8 nitrogen and oxygen atoms in total. The highest BCUT2D eigenvalue weighted by molar-refractivity contribution is 6.27. The lowest BCUT2D eigenvalue weighted by molar-refractivity contribution is -0.159. The van der Waals surface area contributed by atoms with E-state index in [1.54, 1.807) is 7.11 Å². The van der Waals surface area contributed by atoms with E-state index in [-0.39, 0.29) is 5.92 Å². The van der Waals surface area contributed by atoms with Crippen LogP contribution in [0.2, 0.25) is 0 Å². The number of aliphatic hydroxyl groups is 1. The predicted octanol–water partition coefficient (Wildman–Crippen LogP) is 3.79. The van der Waals surface area contributed by atoms with Crippen LogP contribution in [-0.4, -0.2) is 52.4 Å². The third-order valence-corrected chi connectivity index (χ3v) is 5.57. The maximum Gasteiger partial charge on any atom is 0.414 e. The number of methoxy groups -OCH3 is 1. The van der Waals surface area contributed by atoms with Gasteiger partial charge in [0.05, 0.1) is 13.2 Å². The van der Waals surface area contributed by atoms with Crippen molar-refractivity contribution < 1.29 is 29.6 Å². The number of carboxylic acid groups (broad SMARTS) is 2. The van der Waals surface area contributed by atoms with Crippen LogP contribution in [0, 0.1) is 0 Å². The Labute approximate surface area is 202 Å². The molecule has 4 aromatic rings. The summed E-state index contributed by atoms with van der Waals surface area (Å²) in [6.07, 6.45) is 1.56. The van der Waals surface area contributed by atoms with E-state index < -0.39 is 18.0 Å². The Bertz CT molecular complexity index is 1230. The summed E-state index contributed by atoms with van der Waals surface area (Å²) in [6, 6.07) is 26.3. The number of hydrogen-bond acceptors (Lipinski definition) is 5. The Hall–Kier alpha value is -4.14. The molecule has 0 aliphatic carbocycles. The van der Waals surface area contributed by atoms with Gasteiger partial charge in [-0.25, -0.2) is 9.59 Å². The number of aliphatic hydroxyl groups excluding tert-OH is 1. The quantitative estimate of drug-likeness (QED) is 0.245. The lowest BCUT2D eigenvalue weighted by Crippen LogP contribution is -2.27. The molecular weight excluding hydrogens is 448 g/mol. The van der Waals surface area contributed by atoms with Crippen molar-refractivity contribution in [2.24, 2.45) is 0 Å². The van der Waals surface area contributed by atoms with Gasteiger partial charge in [0.2, 0.25) is 0 Å². The molecule has 5 N–H and O–H groups in total. The lowest BCUT2D eigenvalue weighted by atomic mass is 9.90. The minimum atomic E-state index is -1.82. The van der Waals surface area contributed by atoms with Gasteiger partial charge in [-0.1, -0.05) is 60.7 Å². The van der Waals surface area contributed by atoms with Gasteiger partial charge in [-0.15, -0.1) is 0 Å². The summed E-state index contributed by atoms with van der Waals surface area (Å²) in [5.41, 5.74) is 4.50. The second-order valence-corrected chi connectivity index (χ2v) is 7.81. The third-order valence-electron chi connectivity index (χ3n) is 5.57. The van der Waals surface area contributed by atoms with Crippen LogP contribution in [-0.2, 0) is 9.59 Å². The monoisotopic (exact) mass is 476 g/mol. The van der Waals surface area contributed by atoms with E-state index in [9.17, 15) is 5.11 Å². The van der Waals surface area contributed by atoms with Crippen molar-refractivity contribution in [2.75, 3.05) is 20.2 Å². The molecule has 8 heteroatoms. The van der Waals surface area contributed by atoms with Crippen LogP contribution in [0.5, 0.6) is 5.75 Å². The maximum atomic E-state index is 10.5. The van der Waals surface area contributed by atoms with Crippen molar-refractivity contribution >= 4 is 22.8 Å². The largest absolute Gasteiger partial charge is 0.497 e. The number of fused-ring (bicyclic) bond motifs is 1. The van der Waals surface area contributed by atoms with Gasteiger partial charge in [-0.3, -0.25) is 0 Å². The Balaban J connectivity index is 0.000000509. The summed E-state index contributed by atoms with van der Waals surface area (Å²) >= 11 is 0. The molecule has 1 aromatic heterocycles. The maximum absolute atomic E-state index is 10.5. The number of ether oxygens (including phenoxy) is 1. The third kappa shape index (κ3) is 6.92. The first-order chi connectivity index (χ1) is 16.9. The van der Waals surface area contributed by atoms with E-state index in [0.29, 0.717) is 6.54 Å². The van der Waals surface area contributed by atoms with Gasteiger partial charge in [-0.2, -0.15) is 0 Å². The van der Waals surface area contributed by atoms with Crippen LogP contribution >= 0.6 is 0 Å². The summed E-state index contributed by atoms with van der Waals surface area (Å²) in [5.74, 6) is -2.65. The molecule has 0 aliphatic heterocycles. The molecule has 1 heterocycles. The number of nitrogens with one attached hydrogen (secondary N) is 2. The van der Waals surface area contributed by atoms with Crippen molar-refractivity contribution in [2.45, 2.75) is 12.0 Å². The summed E-state index contributed by atoms with van der Waals surface area (Å²) < 4.78 is 5.32. The minimum Gasteiger partial charge on any atom is -0.497 e. The molecule has 182 valence electrons. The Kier molecular flexibility index (Phi) is 9.00. The van der Waals surface area contributed by atoms with Crippen LogP contribution in [0.4, 0.5) is 0 Å². The number of aromatic nitrogens is 1. The molecule has 0 bridgehead atoms. The van der Waals surface area contributed by atoms with Gasteiger partial charge in [-0.05, 0) is 34.9 Å². The predicted molar refractivity (Wildman–Crippen MR) is 133 cm³/mol. The fraction of sp³-hybridized carbons (Fsp3) is 0.185. The number of carboxylic acids is 2. The summed E-state index contributed by atoms with van der Waals surface area (Å²) in [4.78, 5) is 21.6. The minimum absolute atomic E-state index is 0.153. The highest BCUT2D eigenvalue weighted by Gasteiger charge is 2.19. The first-order valence-electron chi connectivity index (χ1n) is 11.0. The van der Waals surface area contributed by atoms with Gasteiger partial charge in [0.15, 0.2) is 0 Å². The van der Waals surface area contributed by atoms with E-state index in [0.717, 1.165) is 23.4 Å². The normalized spacial score (nSPS) is 12.3. The van der Waals surface area contributed by atoms with E-state index in [4.69, 9.17) is 24.5 Å². The second-order valence-electron chi connectivity index (χ2n) is 7.81. The van der Waals surface area contributed by atoms with Crippen molar-refractivity contribution in [3.05, 3.63) is 102 Å². The van der Waals surface area contributed by atoms with Crippen LogP contribution in [0.15, 0.2) is 85.1 Å². The van der Waals surface area contributed by atoms with Crippen molar-refractivity contribution in [1.82, 2.24) is 10.3 Å². The molecule has 0 aliphatic rings. The molecule has 0 radical (unpaired) electrons. The number of carbonyl (C=O) groups is 2. The smallest absolute Gasteiger partial charge is 0.414 e. The highest BCUT2D eigenvalue weighted by Crippen LogP contribution is 2.31. The van der Waals surface area contributed by atoms with Crippen LogP contribution in [0.3, 0.4) is 0 Å². The number of aromatic amines is 1. The van der Waals surface area contributed by atoms with E-state index in [1.165, 1.54) is 16.5 Å². The molecule has 0 amide bonds. The summed E-state index contributed by atoms with van der Waals surface area (Å²) in [7, 11) is 1.68. The van der Waals surface area contributed by atoms with Crippen molar-refractivity contribution in [3.8, 4) is 5.75 Å². The zero-order chi connectivity index (χ0) is 25.2. The topological polar surface area (TPSA) is 132 Å². The van der Waals surface area contributed by atoms with Crippen LogP contribution in [0.1, 0.15) is 28.7 Å². The highest BCUT2D eigenvalue weighted by atomic mass is 16.5. The Morgan fingerprint density at radius 1 is 0.857 bits per heavy atom. The zero-order valence-electron chi connectivity index (χ0n) is 19.2. The van der Waals surface area contributed by atoms with Gasteiger partial charge < -0.3 is 30.4 Å². The standard InChI is InChI=1S/C25H26N2O2.C2H2O4/c1-29-20-13-11-18(12-14-20)22(23-16-27-24-10-6-5-9-21(23)24)15-26-17-25(28)19-7-3-2-4-8-19;3-1(4)2(5)6/h2-14,16,22,25-28H,15,17H2,1H3;(H,3,4)(H,5,6). The Morgan fingerprint density at radius 3 is 2.11 bits per heavy atom. The number of para-hydroxylation sites is 1.